The Kier molecular flexibility index (Phi) is 5.19. The Morgan fingerprint density at radius 2 is 2.25 bits per heavy atom. The molecule has 0 aliphatic carbocycles. The number of thioether (sulfide) groups is 1. The van der Waals surface area contributed by atoms with Crippen molar-refractivity contribution in [2.24, 2.45) is 0 Å². The molecular weight excluding hydrogens is 222 g/mol. The van der Waals surface area contributed by atoms with Crippen molar-refractivity contribution in [1.29, 1.82) is 0 Å². The molecule has 0 bridgehead atoms. The molecule has 88 valence electrons. The molecule has 0 amide bonds. The molecule has 1 aromatic carbocycles. The maximum atomic E-state index is 10.9. The summed E-state index contributed by atoms with van der Waals surface area (Å²) in [6.07, 6.45) is 1.30. The maximum Gasteiger partial charge on any atom is 0.305 e. The third-order valence-corrected chi connectivity index (χ3v) is 3.58. The van der Waals surface area contributed by atoms with Crippen molar-refractivity contribution in [1.82, 2.24) is 0 Å². The second-order valence-electron chi connectivity index (χ2n) is 3.50. The molecule has 2 N–H and O–H groups in total. The topological polar surface area (TPSA) is 52.3 Å². The van der Waals surface area contributed by atoms with Crippen molar-refractivity contribution < 1.29 is 9.53 Å². The van der Waals surface area contributed by atoms with Crippen LogP contribution in [0.2, 0.25) is 0 Å². The number of carbonyl (C=O) groups excluding carboxylic acids is 1. The van der Waals surface area contributed by atoms with Crippen LogP contribution in [0.4, 0.5) is 5.69 Å². The molecule has 0 saturated heterocycles. The third-order valence-electron chi connectivity index (χ3n) is 2.34. The summed E-state index contributed by atoms with van der Waals surface area (Å²) in [6, 6.07) is 5.90. The number of hydrogen-bond acceptors (Lipinski definition) is 4. The number of anilines is 1. The zero-order valence-corrected chi connectivity index (χ0v) is 10.5. The van der Waals surface area contributed by atoms with E-state index in [-0.39, 0.29) is 5.97 Å². The first-order chi connectivity index (χ1) is 7.65. The predicted molar refractivity (Wildman–Crippen MR) is 67.6 cm³/mol. The van der Waals surface area contributed by atoms with E-state index in [1.807, 2.05) is 19.1 Å². The van der Waals surface area contributed by atoms with Gasteiger partial charge in [0.2, 0.25) is 0 Å². The molecule has 0 aromatic heterocycles. The van der Waals surface area contributed by atoms with Crippen LogP contribution < -0.4 is 5.73 Å². The van der Waals surface area contributed by atoms with Gasteiger partial charge in [-0.1, -0.05) is 6.07 Å². The summed E-state index contributed by atoms with van der Waals surface area (Å²) >= 11 is 1.73. The lowest BCUT2D eigenvalue weighted by Crippen LogP contribution is -2.00. The molecule has 4 heteroatoms. The van der Waals surface area contributed by atoms with Crippen LogP contribution >= 0.6 is 11.8 Å². The zero-order chi connectivity index (χ0) is 12.0. The number of hydrogen-bond donors (Lipinski definition) is 1. The minimum absolute atomic E-state index is 0.148. The van der Waals surface area contributed by atoms with Crippen molar-refractivity contribution in [3.8, 4) is 0 Å². The summed E-state index contributed by atoms with van der Waals surface area (Å²) in [7, 11) is 1.41. The van der Waals surface area contributed by atoms with Crippen molar-refractivity contribution >= 4 is 23.4 Å². The van der Waals surface area contributed by atoms with Gasteiger partial charge in [-0.05, 0) is 36.8 Å². The fourth-order valence-corrected chi connectivity index (χ4v) is 2.31. The molecule has 0 radical (unpaired) electrons. The highest BCUT2D eigenvalue weighted by molar-refractivity contribution is 7.99. The van der Waals surface area contributed by atoms with Crippen LogP contribution in [-0.4, -0.2) is 18.8 Å². The van der Waals surface area contributed by atoms with Gasteiger partial charge in [-0.2, -0.15) is 0 Å². The van der Waals surface area contributed by atoms with E-state index in [2.05, 4.69) is 10.8 Å². The number of esters is 1. The number of ether oxygens (including phenoxy) is 1. The lowest BCUT2D eigenvalue weighted by molar-refractivity contribution is -0.140. The van der Waals surface area contributed by atoms with Gasteiger partial charge in [0, 0.05) is 17.0 Å². The summed E-state index contributed by atoms with van der Waals surface area (Å²) in [4.78, 5) is 12.1. The molecule has 0 saturated carbocycles. The average molecular weight is 239 g/mol. The minimum atomic E-state index is -0.148. The van der Waals surface area contributed by atoms with Crippen LogP contribution in [0.15, 0.2) is 23.1 Å². The quantitative estimate of drug-likeness (QED) is 0.371. The molecule has 16 heavy (non-hydrogen) atoms. The van der Waals surface area contributed by atoms with Gasteiger partial charge >= 0.3 is 5.97 Å². The van der Waals surface area contributed by atoms with Gasteiger partial charge in [-0.25, -0.2) is 0 Å². The monoisotopic (exact) mass is 239 g/mol. The summed E-state index contributed by atoms with van der Waals surface area (Å²) in [5.74, 6) is 0.754. The Morgan fingerprint density at radius 3 is 2.94 bits per heavy atom. The lowest BCUT2D eigenvalue weighted by Gasteiger charge is -2.07. The molecule has 0 fully saturated rings. The van der Waals surface area contributed by atoms with Gasteiger partial charge in [-0.15, -0.1) is 11.8 Å². The van der Waals surface area contributed by atoms with Crippen LogP contribution in [0, 0.1) is 6.92 Å². The van der Waals surface area contributed by atoms with Crippen molar-refractivity contribution in [2.45, 2.75) is 24.7 Å². The maximum absolute atomic E-state index is 10.9. The van der Waals surface area contributed by atoms with Crippen LogP contribution in [0.3, 0.4) is 0 Å². The van der Waals surface area contributed by atoms with E-state index < -0.39 is 0 Å². The predicted octanol–water partition coefficient (Wildman–Crippen LogP) is 2.62. The summed E-state index contributed by atoms with van der Waals surface area (Å²) in [6.45, 7) is 2.01. The molecule has 1 aromatic rings. The molecular formula is C12H17NO2S. The van der Waals surface area contributed by atoms with Gasteiger partial charge in [-0.3, -0.25) is 4.79 Å². The van der Waals surface area contributed by atoms with Gasteiger partial charge in [0.1, 0.15) is 0 Å². The highest BCUT2D eigenvalue weighted by atomic mass is 32.2. The second kappa shape index (κ2) is 6.43. The van der Waals surface area contributed by atoms with Crippen molar-refractivity contribution in [3.05, 3.63) is 23.8 Å². The summed E-state index contributed by atoms with van der Waals surface area (Å²) < 4.78 is 4.58. The Bertz CT molecular complexity index is 366. The fourth-order valence-electron chi connectivity index (χ4n) is 1.29. The van der Waals surface area contributed by atoms with Crippen LogP contribution in [-0.2, 0) is 9.53 Å². The average Bonchev–Trinajstić information content (AvgIpc) is 2.29. The standard InChI is InChI=1S/C12H17NO2S/c1-9-10(13)5-3-6-11(9)16-8-4-7-12(14)15-2/h3,5-6H,4,7-8,13H2,1-2H3. The zero-order valence-electron chi connectivity index (χ0n) is 9.66. The Hall–Kier alpha value is -1.16. The second-order valence-corrected chi connectivity index (χ2v) is 4.64. The molecule has 3 nitrogen and oxygen atoms in total. The highest BCUT2D eigenvalue weighted by Crippen LogP contribution is 2.26. The number of nitrogens with two attached hydrogens (primary N) is 1. The molecule has 1 rings (SSSR count). The molecule has 0 aliphatic rings. The first-order valence-corrected chi connectivity index (χ1v) is 6.18. The number of rotatable bonds is 5. The first kappa shape index (κ1) is 12.9. The van der Waals surface area contributed by atoms with E-state index in [9.17, 15) is 4.79 Å². The summed E-state index contributed by atoms with van der Waals surface area (Å²) in [5.41, 5.74) is 7.74. The third kappa shape index (κ3) is 3.77. The van der Waals surface area contributed by atoms with E-state index >= 15 is 0 Å². The molecule has 0 aliphatic heterocycles. The Labute approximate surface area is 100 Å². The Balaban J connectivity index is 2.38. The number of benzene rings is 1. The van der Waals surface area contributed by atoms with Crippen molar-refractivity contribution in [2.75, 3.05) is 18.6 Å². The SMILES string of the molecule is COC(=O)CCCSc1cccc(N)c1C. The molecule has 0 atom stereocenters. The van der Waals surface area contributed by atoms with E-state index in [1.54, 1.807) is 11.8 Å². The van der Waals surface area contributed by atoms with Gasteiger partial charge in [0.25, 0.3) is 0 Å². The van der Waals surface area contributed by atoms with Crippen LogP contribution in [0.1, 0.15) is 18.4 Å². The minimum Gasteiger partial charge on any atom is -0.469 e. The normalized spacial score (nSPS) is 10.1. The van der Waals surface area contributed by atoms with Gasteiger partial charge in [0.05, 0.1) is 7.11 Å². The highest BCUT2D eigenvalue weighted by Gasteiger charge is 2.03. The molecule has 0 heterocycles. The van der Waals surface area contributed by atoms with Crippen molar-refractivity contribution in [3.63, 3.8) is 0 Å². The van der Waals surface area contributed by atoms with E-state index in [0.29, 0.717) is 6.42 Å². The van der Waals surface area contributed by atoms with Crippen LogP contribution in [0.5, 0.6) is 0 Å². The first-order valence-electron chi connectivity index (χ1n) is 5.20. The molecule has 0 unspecified atom stereocenters. The number of methoxy groups -OCH3 is 1. The fraction of sp³-hybridized carbons (Fsp3) is 0.417. The number of nitrogen functional groups attached to an aromatic ring is 1. The largest absolute Gasteiger partial charge is 0.469 e. The Morgan fingerprint density at radius 1 is 1.50 bits per heavy atom. The van der Waals surface area contributed by atoms with E-state index in [4.69, 9.17) is 5.73 Å². The molecule has 0 spiro atoms. The van der Waals surface area contributed by atoms with Crippen LogP contribution in [0.25, 0.3) is 0 Å². The summed E-state index contributed by atoms with van der Waals surface area (Å²) in [5, 5.41) is 0. The smallest absolute Gasteiger partial charge is 0.305 e. The van der Waals surface area contributed by atoms with E-state index in [0.717, 1.165) is 23.4 Å². The van der Waals surface area contributed by atoms with Gasteiger partial charge in [0.15, 0.2) is 0 Å². The van der Waals surface area contributed by atoms with E-state index in [1.165, 1.54) is 12.0 Å². The lowest BCUT2D eigenvalue weighted by atomic mass is 10.2. The van der Waals surface area contributed by atoms with Gasteiger partial charge < -0.3 is 10.5 Å². The number of carbonyl (C=O) groups is 1.